The van der Waals surface area contributed by atoms with Crippen LogP contribution in [-0.2, 0) is 0 Å². The molecule has 2 aliphatic heterocycles. The molecule has 0 aliphatic carbocycles. The molecule has 1 aromatic carbocycles. The van der Waals surface area contributed by atoms with E-state index in [1.54, 1.807) is 0 Å². The van der Waals surface area contributed by atoms with Crippen LogP contribution in [0.15, 0.2) is 54.9 Å². The van der Waals surface area contributed by atoms with Crippen LogP contribution in [-0.4, -0.2) is 46.1 Å². The molecule has 150 valence electrons. The van der Waals surface area contributed by atoms with Gasteiger partial charge in [0.15, 0.2) is 0 Å². The zero-order chi connectivity index (χ0) is 19.6. The van der Waals surface area contributed by atoms with Gasteiger partial charge in [-0.25, -0.2) is 10.9 Å². The lowest BCUT2D eigenvalue weighted by atomic mass is 10.0. The number of hydrogen-bond acceptors (Lipinski definition) is 5. The van der Waals surface area contributed by atoms with Crippen molar-refractivity contribution in [2.24, 2.45) is 0 Å². The molecule has 0 radical (unpaired) electrons. The summed E-state index contributed by atoms with van der Waals surface area (Å²) < 4.78 is 0. The minimum Gasteiger partial charge on any atom is -0.351 e. The Balaban J connectivity index is 1.20. The van der Waals surface area contributed by atoms with Crippen molar-refractivity contribution in [1.29, 1.82) is 0 Å². The molecule has 0 bridgehead atoms. The zero-order valence-electron chi connectivity index (χ0n) is 16.3. The molecule has 29 heavy (non-hydrogen) atoms. The van der Waals surface area contributed by atoms with Crippen LogP contribution in [0.5, 0.6) is 0 Å². The first-order valence-electron chi connectivity index (χ1n) is 10.3. The van der Waals surface area contributed by atoms with E-state index in [1.165, 1.54) is 5.56 Å². The summed E-state index contributed by atoms with van der Waals surface area (Å²) in [6.45, 7) is 1.90. The monoisotopic (exact) mass is 390 g/mol. The molecule has 4 N–H and O–H groups in total. The van der Waals surface area contributed by atoms with Crippen LogP contribution in [0.25, 0.3) is 10.9 Å². The maximum Gasteiger partial charge on any atom is 0.267 e. The molecule has 0 saturated carbocycles. The number of carbonyl (C=O) groups excluding carboxylic acids is 1. The summed E-state index contributed by atoms with van der Waals surface area (Å²) in [5, 5.41) is 4.29. The van der Waals surface area contributed by atoms with Crippen LogP contribution in [0.3, 0.4) is 0 Å². The molecule has 4 heterocycles. The van der Waals surface area contributed by atoms with Gasteiger partial charge in [0.25, 0.3) is 5.91 Å². The number of hydrazine groups is 1. The summed E-state index contributed by atoms with van der Waals surface area (Å²) in [6, 6.07) is 14.4. The molecule has 2 saturated heterocycles. The van der Waals surface area contributed by atoms with Crippen LogP contribution < -0.4 is 16.2 Å². The third-order valence-corrected chi connectivity index (χ3v) is 6.00. The lowest BCUT2D eigenvalue weighted by Gasteiger charge is -2.36. The van der Waals surface area contributed by atoms with Gasteiger partial charge in [0, 0.05) is 41.9 Å². The van der Waals surface area contributed by atoms with Gasteiger partial charge in [0.05, 0.1) is 6.17 Å². The SMILES string of the molecule is O=C(NC1CCCN(C2CC(c3ccncc3)NN2)C1)c1cc2ccccc2[nH]1. The highest BCUT2D eigenvalue weighted by Gasteiger charge is 2.33. The number of aromatic amines is 1. The number of pyridine rings is 1. The van der Waals surface area contributed by atoms with E-state index in [2.05, 4.69) is 43.2 Å². The van der Waals surface area contributed by atoms with Crippen molar-refractivity contribution >= 4 is 16.8 Å². The van der Waals surface area contributed by atoms with Crippen LogP contribution in [0.4, 0.5) is 0 Å². The van der Waals surface area contributed by atoms with Gasteiger partial charge in [0.1, 0.15) is 5.69 Å². The Kier molecular flexibility index (Phi) is 5.01. The fourth-order valence-corrected chi connectivity index (χ4v) is 4.46. The van der Waals surface area contributed by atoms with Gasteiger partial charge in [0.2, 0.25) is 0 Å². The second kappa shape index (κ2) is 7.94. The smallest absolute Gasteiger partial charge is 0.267 e. The Bertz CT molecular complexity index is 954. The van der Waals surface area contributed by atoms with Crippen molar-refractivity contribution < 1.29 is 4.79 Å². The quantitative estimate of drug-likeness (QED) is 0.549. The maximum atomic E-state index is 12.8. The van der Waals surface area contributed by atoms with Gasteiger partial charge < -0.3 is 10.3 Å². The van der Waals surface area contributed by atoms with E-state index in [1.807, 2.05) is 42.7 Å². The standard InChI is InChI=1S/C22H26N6O/c29-22(20-12-16-4-1-2-6-18(16)25-20)24-17-5-3-11-28(14-17)21-13-19(26-27-21)15-7-9-23-10-8-15/h1-2,4,6-10,12,17,19,21,25-27H,3,5,11,13-14H2,(H,24,29). The van der Waals surface area contributed by atoms with E-state index in [-0.39, 0.29) is 24.2 Å². The number of rotatable bonds is 4. The van der Waals surface area contributed by atoms with Crippen molar-refractivity contribution in [3.8, 4) is 0 Å². The Labute approximate surface area is 169 Å². The Morgan fingerprint density at radius 1 is 1.14 bits per heavy atom. The maximum absolute atomic E-state index is 12.8. The number of likely N-dealkylation sites (tertiary alicyclic amines) is 1. The molecule has 7 heteroatoms. The number of fused-ring (bicyclic) bond motifs is 1. The van der Waals surface area contributed by atoms with E-state index in [0.717, 1.165) is 43.3 Å². The summed E-state index contributed by atoms with van der Waals surface area (Å²) in [5.41, 5.74) is 9.70. The summed E-state index contributed by atoms with van der Waals surface area (Å²) in [4.78, 5) is 22.5. The number of amides is 1. The van der Waals surface area contributed by atoms with Crippen molar-refractivity contribution in [2.75, 3.05) is 13.1 Å². The van der Waals surface area contributed by atoms with E-state index in [4.69, 9.17) is 0 Å². The molecule has 3 aromatic rings. The predicted molar refractivity (Wildman–Crippen MR) is 112 cm³/mol. The third-order valence-electron chi connectivity index (χ3n) is 6.00. The number of piperidine rings is 1. The van der Waals surface area contributed by atoms with Crippen molar-refractivity contribution in [1.82, 2.24) is 31.0 Å². The molecular weight excluding hydrogens is 364 g/mol. The van der Waals surface area contributed by atoms with Crippen LogP contribution in [0, 0.1) is 0 Å². The average molecular weight is 390 g/mol. The van der Waals surface area contributed by atoms with Gasteiger partial charge in [-0.2, -0.15) is 0 Å². The molecule has 2 aliphatic rings. The van der Waals surface area contributed by atoms with Gasteiger partial charge in [-0.15, -0.1) is 0 Å². The topological polar surface area (TPSA) is 85.1 Å². The number of nitrogens with zero attached hydrogens (tertiary/aromatic N) is 2. The minimum atomic E-state index is -0.0276. The Morgan fingerprint density at radius 3 is 2.86 bits per heavy atom. The zero-order valence-corrected chi connectivity index (χ0v) is 16.3. The molecule has 5 rings (SSSR count). The second-order valence-electron chi connectivity index (χ2n) is 7.95. The van der Waals surface area contributed by atoms with E-state index in [9.17, 15) is 4.79 Å². The van der Waals surface area contributed by atoms with Crippen LogP contribution in [0.2, 0.25) is 0 Å². The Hall–Kier alpha value is -2.74. The normalized spacial score (nSPS) is 25.3. The first kappa shape index (κ1) is 18.3. The van der Waals surface area contributed by atoms with Gasteiger partial charge in [-0.05, 0) is 55.6 Å². The summed E-state index contributed by atoms with van der Waals surface area (Å²) in [5.74, 6) is -0.0276. The van der Waals surface area contributed by atoms with Crippen LogP contribution in [0.1, 0.15) is 41.4 Å². The molecular formula is C22H26N6O. The number of carbonyl (C=O) groups is 1. The second-order valence-corrected chi connectivity index (χ2v) is 7.95. The lowest BCUT2D eigenvalue weighted by Crippen LogP contribution is -2.54. The average Bonchev–Trinajstić information content (AvgIpc) is 3.42. The van der Waals surface area contributed by atoms with Gasteiger partial charge in [-0.3, -0.25) is 14.7 Å². The van der Waals surface area contributed by atoms with E-state index in [0.29, 0.717) is 5.69 Å². The Morgan fingerprint density at radius 2 is 2.00 bits per heavy atom. The number of aromatic nitrogens is 2. The van der Waals surface area contributed by atoms with E-state index >= 15 is 0 Å². The van der Waals surface area contributed by atoms with Gasteiger partial charge >= 0.3 is 0 Å². The summed E-state index contributed by atoms with van der Waals surface area (Å²) >= 11 is 0. The predicted octanol–water partition coefficient (Wildman–Crippen LogP) is 2.32. The van der Waals surface area contributed by atoms with Gasteiger partial charge in [-0.1, -0.05) is 18.2 Å². The molecule has 3 atom stereocenters. The number of nitrogens with one attached hydrogen (secondary N) is 4. The highest BCUT2D eigenvalue weighted by molar-refractivity contribution is 5.98. The summed E-state index contributed by atoms with van der Waals surface area (Å²) in [7, 11) is 0. The van der Waals surface area contributed by atoms with Crippen molar-refractivity contribution in [2.45, 2.75) is 37.5 Å². The number of hydrogen-bond donors (Lipinski definition) is 4. The number of para-hydroxylation sites is 1. The first-order chi connectivity index (χ1) is 14.3. The molecule has 0 spiro atoms. The van der Waals surface area contributed by atoms with Crippen LogP contribution >= 0.6 is 0 Å². The highest BCUT2D eigenvalue weighted by atomic mass is 16.2. The van der Waals surface area contributed by atoms with Crippen molar-refractivity contribution in [3.63, 3.8) is 0 Å². The minimum absolute atomic E-state index is 0.0276. The molecule has 2 aromatic heterocycles. The van der Waals surface area contributed by atoms with E-state index < -0.39 is 0 Å². The van der Waals surface area contributed by atoms with Crippen molar-refractivity contribution in [3.05, 3.63) is 66.1 Å². The third kappa shape index (κ3) is 3.89. The first-order valence-corrected chi connectivity index (χ1v) is 10.3. The lowest BCUT2D eigenvalue weighted by molar-refractivity contribution is 0.0852. The summed E-state index contributed by atoms with van der Waals surface area (Å²) in [6.07, 6.45) is 7.02. The molecule has 7 nitrogen and oxygen atoms in total. The number of benzene rings is 1. The highest BCUT2D eigenvalue weighted by Crippen LogP contribution is 2.25. The largest absolute Gasteiger partial charge is 0.351 e. The number of H-pyrrole nitrogens is 1. The fraction of sp³-hybridized carbons (Fsp3) is 0.364. The molecule has 3 unspecified atom stereocenters. The molecule has 2 fully saturated rings. The molecule has 1 amide bonds. The fourth-order valence-electron chi connectivity index (χ4n) is 4.46.